The summed E-state index contributed by atoms with van der Waals surface area (Å²) in [5.41, 5.74) is 2.68. The lowest BCUT2D eigenvalue weighted by atomic mass is 10.1. The number of hydrogen-bond acceptors (Lipinski definition) is 5. The number of carbonyl (C=O) groups excluding carboxylic acids is 1. The van der Waals surface area contributed by atoms with Crippen LogP contribution in [0.3, 0.4) is 0 Å². The summed E-state index contributed by atoms with van der Waals surface area (Å²) in [5, 5.41) is 1.03. The van der Waals surface area contributed by atoms with E-state index >= 15 is 0 Å². The number of nitrogens with zero attached hydrogens (tertiary/aromatic N) is 1. The van der Waals surface area contributed by atoms with Crippen molar-refractivity contribution < 1.29 is 19.0 Å². The van der Waals surface area contributed by atoms with Gasteiger partial charge in [-0.1, -0.05) is 18.2 Å². The average Bonchev–Trinajstić information content (AvgIpc) is 3.39. The molecule has 5 rings (SSSR count). The second-order valence-corrected chi connectivity index (χ2v) is 6.24. The molecule has 0 bridgehead atoms. The smallest absolute Gasteiger partial charge is 0.211 e. The molecule has 138 valence electrons. The second-order valence-electron chi connectivity index (χ2n) is 6.24. The number of hydrogen-bond donors (Lipinski definition) is 2. The summed E-state index contributed by atoms with van der Waals surface area (Å²) < 4.78 is 16.2. The normalized spacial score (nSPS) is 12.3. The zero-order valence-electron chi connectivity index (χ0n) is 14.9. The monoisotopic (exact) mass is 373 g/mol. The summed E-state index contributed by atoms with van der Waals surface area (Å²) >= 11 is 0. The molecule has 3 heterocycles. The van der Waals surface area contributed by atoms with Crippen LogP contribution in [0.2, 0.25) is 0 Å². The summed E-state index contributed by atoms with van der Waals surface area (Å²) in [6.07, 6.45) is 6.22. The number of ketones is 1. The molecule has 0 saturated heterocycles. The SMILES string of the molecule is COc1cc(C(=O)c2cnc(-c3c[nH]c4ccccc34)[nH]2)cc2c1OC=CO2. The lowest BCUT2D eigenvalue weighted by molar-refractivity contribution is 0.103. The Morgan fingerprint density at radius 3 is 2.89 bits per heavy atom. The van der Waals surface area contributed by atoms with Crippen LogP contribution >= 0.6 is 0 Å². The molecule has 7 heteroatoms. The fourth-order valence-electron chi connectivity index (χ4n) is 3.26. The van der Waals surface area contributed by atoms with E-state index in [0.29, 0.717) is 34.3 Å². The van der Waals surface area contributed by atoms with Crippen LogP contribution in [0.4, 0.5) is 0 Å². The van der Waals surface area contributed by atoms with Crippen LogP contribution in [0.1, 0.15) is 16.1 Å². The van der Waals surface area contributed by atoms with Gasteiger partial charge in [-0.25, -0.2) is 4.98 Å². The summed E-state index contributed by atoms with van der Waals surface area (Å²) in [5.74, 6) is 1.67. The number of aromatic nitrogens is 3. The first-order chi connectivity index (χ1) is 13.7. The molecule has 2 aromatic heterocycles. The van der Waals surface area contributed by atoms with Crippen molar-refractivity contribution in [3.8, 4) is 28.6 Å². The molecule has 2 N–H and O–H groups in total. The molecule has 0 fully saturated rings. The fourth-order valence-corrected chi connectivity index (χ4v) is 3.26. The predicted molar refractivity (Wildman–Crippen MR) is 103 cm³/mol. The molecule has 1 aliphatic heterocycles. The number of H-pyrrole nitrogens is 2. The molecule has 0 aliphatic carbocycles. The largest absolute Gasteiger partial charge is 0.493 e. The van der Waals surface area contributed by atoms with Gasteiger partial charge in [-0.15, -0.1) is 0 Å². The molecule has 1 aliphatic rings. The average molecular weight is 373 g/mol. The van der Waals surface area contributed by atoms with Gasteiger partial charge in [0.05, 0.1) is 13.3 Å². The topological polar surface area (TPSA) is 89.2 Å². The number of nitrogens with one attached hydrogen (secondary N) is 2. The van der Waals surface area contributed by atoms with Gasteiger partial charge in [0.2, 0.25) is 11.5 Å². The first-order valence-electron chi connectivity index (χ1n) is 8.61. The number of aromatic amines is 2. The van der Waals surface area contributed by atoms with E-state index in [0.717, 1.165) is 16.5 Å². The lowest BCUT2D eigenvalue weighted by Crippen LogP contribution is -2.05. The maximum atomic E-state index is 13.0. The van der Waals surface area contributed by atoms with Crippen molar-refractivity contribution in [3.63, 3.8) is 0 Å². The second kappa shape index (κ2) is 6.31. The Balaban J connectivity index is 1.52. The molecular weight excluding hydrogens is 358 g/mol. The standard InChI is InChI=1S/C21H15N3O4/c1-26-17-8-12(9-18-20(17)28-7-6-27-18)19(25)16-11-23-21(24-16)14-10-22-15-5-3-2-4-13(14)15/h2-11,22H,1H3,(H,23,24). The molecular formula is C21H15N3O4. The molecule has 0 atom stereocenters. The van der Waals surface area contributed by atoms with Gasteiger partial charge < -0.3 is 24.2 Å². The van der Waals surface area contributed by atoms with Crippen molar-refractivity contribution >= 4 is 16.7 Å². The van der Waals surface area contributed by atoms with Gasteiger partial charge in [-0.05, 0) is 18.2 Å². The molecule has 7 nitrogen and oxygen atoms in total. The number of benzene rings is 2. The van der Waals surface area contributed by atoms with Crippen molar-refractivity contribution in [3.05, 3.63) is 72.6 Å². The number of imidazole rings is 1. The molecule has 0 spiro atoms. The maximum absolute atomic E-state index is 13.0. The van der Waals surface area contributed by atoms with Crippen LogP contribution < -0.4 is 14.2 Å². The molecule has 0 saturated carbocycles. The summed E-state index contributed by atoms with van der Waals surface area (Å²) in [7, 11) is 1.51. The Morgan fingerprint density at radius 1 is 1.14 bits per heavy atom. The van der Waals surface area contributed by atoms with Gasteiger partial charge in [-0.3, -0.25) is 4.79 Å². The van der Waals surface area contributed by atoms with Crippen molar-refractivity contribution in [1.29, 1.82) is 0 Å². The van der Waals surface area contributed by atoms with E-state index in [2.05, 4.69) is 15.0 Å². The van der Waals surface area contributed by atoms with Gasteiger partial charge in [-0.2, -0.15) is 0 Å². The highest BCUT2D eigenvalue weighted by Crippen LogP contribution is 2.41. The Kier molecular flexibility index (Phi) is 3.65. The highest BCUT2D eigenvalue weighted by Gasteiger charge is 2.21. The van der Waals surface area contributed by atoms with E-state index < -0.39 is 0 Å². The van der Waals surface area contributed by atoms with Crippen molar-refractivity contribution in [1.82, 2.24) is 15.0 Å². The molecule has 28 heavy (non-hydrogen) atoms. The van der Waals surface area contributed by atoms with Crippen LogP contribution in [0.15, 0.2) is 61.3 Å². The van der Waals surface area contributed by atoms with E-state index in [4.69, 9.17) is 14.2 Å². The maximum Gasteiger partial charge on any atom is 0.211 e. The predicted octanol–water partition coefficient (Wildman–Crippen LogP) is 4.04. The Labute approximate surface area is 159 Å². The highest BCUT2D eigenvalue weighted by molar-refractivity contribution is 6.09. The van der Waals surface area contributed by atoms with Gasteiger partial charge in [0, 0.05) is 28.2 Å². The number of para-hydroxylation sites is 1. The molecule has 0 amide bonds. The third-order valence-corrected chi connectivity index (χ3v) is 4.60. The summed E-state index contributed by atoms with van der Waals surface area (Å²) in [6.45, 7) is 0. The van der Waals surface area contributed by atoms with Crippen LogP contribution in [0, 0.1) is 0 Å². The van der Waals surface area contributed by atoms with Crippen LogP contribution in [-0.4, -0.2) is 27.8 Å². The van der Waals surface area contributed by atoms with Crippen molar-refractivity contribution in [2.45, 2.75) is 0 Å². The Bertz CT molecular complexity index is 1240. The number of ether oxygens (including phenoxy) is 3. The fraction of sp³-hybridized carbons (Fsp3) is 0.0476. The molecule has 2 aromatic carbocycles. The van der Waals surface area contributed by atoms with E-state index in [9.17, 15) is 4.79 Å². The van der Waals surface area contributed by atoms with Crippen LogP contribution in [-0.2, 0) is 0 Å². The Morgan fingerprint density at radius 2 is 2.00 bits per heavy atom. The van der Waals surface area contributed by atoms with Gasteiger partial charge in [0.25, 0.3) is 0 Å². The number of methoxy groups -OCH3 is 1. The van der Waals surface area contributed by atoms with Gasteiger partial charge in [0.1, 0.15) is 24.0 Å². The van der Waals surface area contributed by atoms with Crippen LogP contribution in [0.25, 0.3) is 22.3 Å². The summed E-state index contributed by atoms with van der Waals surface area (Å²) in [4.78, 5) is 23.7. The third kappa shape index (κ3) is 2.52. The number of rotatable bonds is 4. The zero-order valence-corrected chi connectivity index (χ0v) is 14.9. The molecule has 0 radical (unpaired) electrons. The first kappa shape index (κ1) is 16.2. The van der Waals surface area contributed by atoms with E-state index in [-0.39, 0.29) is 5.78 Å². The van der Waals surface area contributed by atoms with E-state index in [1.54, 1.807) is 12.1 Å². The van der Waals surface area contributed by atoms with Crippen molar-refractivity contribution in [2.24, 2.45) is 0 Å². The first-order valence-corrected chi connectivity index (χ1v) is 8.61. The third-order valence-electron chi connectivity index (χ3n) is 4.60. The minimum absolute atomic E-state index is 0.224. The lowest BCUT2D eigenvalue weighted by Gasteiger charge is -2.16. The zero-order chi connectivity index (χ0) is 19.1. The van der Waals surface area contributed by atoms with Crippen LogP contribution in [0.5, 0.6) is 17.2 Å². The minimum Gasteiger partial charge on any atom is -0.493 e. The molecule has 0 unspecified atom stereocenters. The van der Waals surface area contributed by atoms with Gasteiger partial charge >= 0.3 is 0 Å². The van der Waals surface area contributed by atoms with Gasteiger partial charge in [0.15, 0.2) is 11.5 Å². The molecule has 4 aromatic rings. The summed E-state index contributed by atoms with van der Waals surface area (Å²) in [6, 6.07) is 11.2. The number of carbonyl (C=O) groups is 1. The van der Waals surface area contributed by atoms with E-state index in [1.165, 1.54) is 25.8 Å². The van der Waals surface area contributed by atoms with Crippen molar-refractivity contribution in [2.75, 3.05) is 7.11 Å². The van der Waals surface area contributed by atoms with E-state index in [1.807, 2.05) is 30.5 Å². The quantitative estimate of drug-likeness (QED) is 0.527. The minimum atomic E-state index is -0.224. The highest BCUT2D eigenvalue weighted by atomic mass is 16.6. The Hall–Kier alpha value is -4.00. The number of fused-ring (bicyclic) bond motifs is 2.